The van der Waals surface area contributed by atoms with E-state index in [0.717, 1.165) is 50.9 Å². The molecule has 0 spiro atoms. The second-order valence-corrected chi connectivity index (χ2v) is 7.81. The normalized spacial score (nSPS) is 17.8. The van der Waals surface area contributed by atoms with Crippen molar-refractivity contribution in [2.24, 2.45) is 13.0 Å². The second-order valence-electron chi connectivity index (χ2n) is 7.81. The Labute approximate surface area is 157 Å². The van der Waals surface area contributed by atoms with Gasteiger partial charge in [0.15, 0.2) is 0 Å². The summed E-state index contributed by atoms with van der Waals surface area (Å²) in [6.07, 6.45) is 7.54. The van der Waals surface area contributed by atoms with Crippen LogP contribution in [0.1, 0.15) is 65.0 Å². The van der Waals surface area contributed by atoms with E-state index in [2.05, 4.69) is 31.2 Å². The minimum atomic E-state index is -0.218. The first-order chi connectivity index (χ1) is 12.4. The second kappa shape index (κ2) is 9.19. The number of carbonyl (C=O) groups excluding carboxylic acids is 2. The molecular weight excluding hydrogens is 328 g/mol. The van der Waals surface area contributed by atoms with Crippen LogP contribution >= 0.6 is 0 Å². The first-order valence-corrected chi connectivity index (χ1v) is 9.95. The first-order valence-electron chi connectivity index (χ1n) is 9.95. The van der Waals surface area contributed by atoms with E-state index >= 15 is 0 Å². The van der Waals surface area contributed by atoms with Crippen molar-refractivity contribution >= 4 is 11.8 Å². The van der Waals surface area contributed by atoms with Gasteiger partial charge in [0, 0.05) is 50.6 Å². The Hall–Kier alpha value is -1.85. The Morgan fingerprint density at radius 2 is 2.00 bits per heavy atom. The molecule has 6 nitrogen and oxygen atoms in total. The maximum Gasteiger partial charge on any atom is 0.225 e. The summed E-state index contributed by atoms with van der Waals surface area (Å²) in [5.41, 5.74) is 0.722. The summed E-state index contributed by atoms with van der Waals surface area (Å²) >= 11 is 0. The molecule has 1 atom stereocenters. The van der Waals surface area contributed by atoms with E-state index in [1.54, 1.807) is 4.68 Å². The van der Waals surface area contributed by atoms with Crippen LogP contribution in [0.25, 0.3) is 0 Å². The Morgan fingerprint density at radius 3 is 2.54 bits per heavy atom. The number of hydrogen-bond donors (Lipinski definition) is 1. The van der Waals surface area contributed by atoms with E-state index in [0.29, 0.717) is 12.8 Å². The van der Waals surface area contributed by atoms with Gasteiger partial charge in [-0.15, -0.1) is 0 Å². The molecule has 1 aromatic rings. The highest BCUT2D eigenvalue weighted by atomic mass is 16.2. The van der Waals surface area contributed by atoms with E-state index in [9.17, 15) is 9.59 Å². The van der Waals surface area contributed by atoms with Crippen molar-refractivity contribution in [1.29, 1.82) is 0 Å². The van der Waals surface area contributed by atoms with Crippen molar-refractivity contribution in [3.8, 4) is 0 Å². The number of nitrogens with one attached hydrogen (secondary N) is 1. The maximum absolute atomic E-state index is 12.6. The molecule has 0 aromatic carbocycles. The summed E-state index contributed by atoms with van der Waals surface area (Å²) in [4.78, 5) is 27.0. The third-order valence-corrected chi connectivity index (χ3v) is 5.48. The zero-order valence-corrected chi connectivity index (χ0v) is 16.8. The van der Waals surface area contributed by atoms with Crippen molar-refractivity contribution in [3.05, 3.63) is 18.0 Å². The summed E-state index contributed by atoms with van der Waals surface area (Å²) in [7, 11) is 1.88. The molecule has 1 fully saturated rings. The van der Waals surface area contributed by atoms with Gasteiger partial charge in [-0.25, -0.2) is 0 Å². The van der Waals surface area contributed by atoms with Crippen molar-refractivity contribution in [2.45, 2.75) is 71.3 Å². The van der Waals surface area contributed by atoms with Crippen LogP contribution in [0.4, 0.5) is 0 Å². The highest BCUT2D eigenvalue weighted by molar-refractivity contribution is 5.79. The summed E-state index contributed by atoms with van der Waals surface area (Å²) in [5.74, 6) is 0.505. The fraction of sp³-hybridized carbons (Fsp3) is 0.750. The molecule has 1 saturated heterocycles. The van der Waals surface area contributed by atoms with Gasteiger partial charge in [-0.3, -0.25) is 14.3 Å². The lowest BCUT2D eigenvalue weighted by Gasteiger charge is -2.41. The molecule has 146 valence electrons. The zero-order chi connectivity index (χ0) is 19.2. The largest absolute Gasteiger partial charge is 0.351 e. The standard InChI is InChI=1S/C20H34N4O2/c1-5-7-16(6-2)19(26)24-14-11-20(3,12-15-24)21-18(25)9-8-17-10-13-23(4)22-17/h10,13,16H,5-9,11-12,14-15H2,1-4H3,(H,21,25). The van der Waals surface area contributed by atoms with E-state index < -0.39 is 0 Å². The summed E-state index contributed by atoms with van der Waals surface area (Å²) in [5, 5.41) is 7.50. The molecule has 0 aliphatic carbocycles. The fourth-order valence-electron chi connectivity index (χ4n) is 3.69. The third kappa shape index (κ3) is 5.58. The van der Waals surface area contributed by atoms with Crippen LogP contribution < -0.4 is 5.32 Å². The highest BCUT2D eigenvalue weighted by Gasteiger charge is 2.34. The van der Waals surface area contributed by atoms with E-state index in [4.69, 9.17) is 0 Å². The molecule has 0 radical (unpaired) electrons. The lowest BCUT2D eigenvalue weighted by Crippen LogP contribution is -2.55. The number of hydrogen-bond acceptors (Lipinski definition) is 3. The number of aryl methyl sites for hydroxylation is 2. The van der Waals surface area contributed by atoms with Crippen LogP contribution in [0.2, 0.25) is 0 Å². The fourth-order valence-corrected chi connectivity index (χ4v) is 3.69. The van der Waals surface area contributed by atoms with E-state index in [1.807, 2.05) is 24.2 Å². The van der Waals surface area contributed by atoms with Crippen LogP contribution in [-0.4, -0.2) is 45.1 Å². The van der Waals surface area contributed by atoms with Crippen molar-refractivity contribution in [3.63, 3.8) is 0 Å². The average Bonchev–Trinajstić information content (AvgIpc) is 3.03. The molecule has 6 heteroatoms. The maximum atomic E-state index is 12.6. The van der Waals surface area contributed by atoms with E-state index in [1.165, 1.54) is 0 Å². The van der Waals surface area contributed by atoms with Crippen LogP contribution in [0.15, 0.2) is 12.3 Å². The van der Waals surface area contributed by atoms with Crippen molar-refractivity contribution in [2.75, 3.05) is 13.1 Å². The predicted molar refractivity (Wildman–Crippen MR) is 103 cm³/mol. The smallest absolute Gasteiger partial charge is 0.225 e. The van der Waals surface area contributed by atoms with Gasteiger partial charge in [0.25, 0.3) is 0 Å². The zero-order valence-electron chi connectivity index (χ0n) is 16.8. The van der Waals surface area contributed by atoms with Gasteiger partial charge in [0.1, 0.15) is 0 Å². The van der Waals surface area contributed by atoms with Gasteiger partial charge in [0.05, 0.1) is 5.69 Å². The van der Waals surface area contributed by atoms with Crippen LogP contribution in [-0.2, 0) is 23.1 Å². The molecular formula is C20H34N4O2. The number of amides is 2. The van der Waals surface area contributed by atoms with Gasteiger partial charge in [-0.2, -0.15) is 5.10 Å². The first kappa shape index (κ1) is 20.5. The molecule has 0 bridgehead atoms. The third-order valence-electron chi connectivity index (χ3n) is 5.48. The van der Waals surface area contributed by atoms with Crippen LogP contribution in [0, 0.1) is 5.92 Å². The summed E-state index contributed by atoms with van der Waals surface area (Å²) < 4.78 is 1.75. The Bertz CT molecular complexity index is 603. The molecule has 0 saturated carbocycles. The number of aromatic nitrogens is 2. The number of likely N-dealkylation sites (tertiary alicyclic amines) is 1. The molecule has 2 amide bonds. The molecule has 1 aliphatic rings. The van der Waals surface area contributed by atoms with Gasteiger partial charge >= 0.3 is 0 Å². The molecule has 2 heterocycles. The van der Waals surface area contributed by atoms with Gasteiger partial charge in [-0.05, 0) is 38.7 Å². The number of nitrogens with zero attached hydrogens (tertiary/aromatic N) is 3. The number of rotatable bonds is 8. The summed E-state index contributed by atoms with van der Waals surface area (Å²) in [6, 6.07) is 1.94. The lowest BCUT2D eigenvalue weighted by atomic mass is 9.88. The molecule has 1 unspecified atom stereocenters. The van der Waals surface area contributed by atoms with Crippen LogP contribution in [0.5, 0.6) is 0 Å². The van der Waals surface area contributed by atoms with Crippen molar-refractivity contribution < 1.29 is 9.59 Å². The molecule has 1 aromatic heterocycles. The lowest BCUT2D eigenvalue weighted by molar-refractivity contribution is -0.137. The predicted octanol–water partition coefficient (Wildman–Crippen LogP) is 2.68. The average molecular weight is 363 g/mol. The molecule has 2 rings (SSSR count). The van der Waals surface area contributed by atoms with Crippen molar-refractivity contribution in [1.82, 2.24) is 20.0 Å². The van der Waals surface area contributed by atoms with E-state index in [-0.39, 0.29) is 23.3 Å². The number of piperidine rings is 1. The topological polar surface area (TPSA) is 67.2 Å². The molecule has 1 aliphatic heterocycles. The highest BCUT2D eigenvalue weighted by Crippen LogP contribution is 2.25. The Balaban J connectivity index is 1.79. The Morgan fingerprint density at radius 1 is 1.31 bits per heavy atom. The Kier molecular flexibility index (Phi) is 7.23. The monoisotopic (exact) mass is 362 g/mol. The van der Waals surface area contributed by atoms with Gasteiger partial charge < -0.3 is 10.2 Å². The molecule has 26 heavy (non-hydrogen) atoms. The number of carbonyl (C=O) groups is 2. The minimum Gasteiger partial charge on any atom is -0.351 e. The quantitative estimate of drug-likeness (QED) is 0.773. The minimum absolute atomic E-state index is 0.0651. The SMILES string of the molecule is CCCC(CC)C(=O)N1CCC(C)(NC(=O)CCc2ccn(C)n2)CC1. The summed E-state index contributed by atoms with van der Waals surface area (Å²) in [6.45, 7) is 7.78. The molecule has 1 N–H and O–H groups in total. The van der Waals surface area contributed by atoms with Crippen LogP contribution in [0.3, 0.4) is 0 Å². The van der Waals surface area contributed by atoms with Gasteiger partial charge in [-0.1, -0.05) is 20.3 Å². The van der Waals surface area contributed by atoms with Gasteiger partial charge in [0.2, 0.25) is 11.8 Å².